The number of ketones is 1. The molecule has 6 nitrogen and oxygen atoms in total. The summed E-state index contributed by atoms with van der Waals surface area (Å²) in [5, 5.41) is 2.99. The van der Waals surface area contributed by atoms with E-state index in [1.807, 2.05) is 0 Å². The number of hydrogen-bond donors (Lipinski definition) is 1. The Labute approximate surface area is 318 Å². The van der Waals surface area contributed by atoms with Gasteiger partial charge in [-0.25, -0.2) is 14.5 Å². The molecule has 0 aromatic rings. The first kappa shape index (κ1) is 39.7. The second kappa shape index (κ2) is 17.0. The first-order chi connectivity index (χ1) is 10.3. The first-order valence-electron chi connectivity index (χ1n) is 6.71. The van der Waals surface area contributed by atoms with Crippen LogP contribution in [0, 0.1) is 12.3 Å². The molecular weight excluding hydrogens is 836 g/mol. The van der Waals surface area contributed by atoms with Gasteiger partial charge in [-0.05, 0) is 6.92 Å². The SMILES string of the molecule is CC1=[C-]C2=C(C1)C(=O)/C(=C(\C)NC1=[C-]N=[C-]C1)N(C)S2(=O)=O.[Y].[Y].[Y].[Y].[Y].[Y]. The van der Waals surface area contributed by atoms with Gasteiger partial charge in [0.05, 0.1) is 5.70 Å². The van der Waals surface area contributed by atoms with E-state index >= 15 is 0 Å². The topological polar surface area (TPSA) is 78.8 Å². The monoisotopic (exact) mass is 850 g/mol. The third-order valence-electron chi connectivity index (χ3n) is 3.68. The molecule has 134 valence electrons. The zero-order valence-corrected chi connectivity index (χ0v) is 33.8. The average molecular weight is 850 g/mol. The molecule has 3 aliphatic rings. The number of rotatable bonds is 2. The number of hydrogen-bond acceptors (Lipinski definition) is 5. The van der Waals surface area contributed by atoms with Crippen molar-refractivity contribution >= 4 is 22.0 Å². The Morgan fingerprint density at radius 3 is 2.21 bits per heavy atom. The van der Waals surface area contributed by atoms with Gasteiger partial charge in [0.1, 0.15) is 5.78 Å². The number of carbonyl (C=O) groups is 1. The van der Waals surface area contributed by atoms with E-state index in [1.54, 1.807) is 13.8 Å². The summed E-state index contributed by atoms with van der Waals surface area (Å²) in [5.74, 6) is -0.287. The molecule has 0 bridgehead atoms. The number of aliphatic imine (C=N–C) groups is 1. The van der Waals surface area contributed by atoms with Crippen molar-refractivity contribution in [1.82, 2.24) is 9.62 Å². The molecule has 0 saturated carbocycles. The molecule has 2 aliphatic heterocycles. The number of likely N-dealkylation sites (N-methyl/N-ethyl adjacent to an activating group) is 1. The van der Waals surface area contributed by atoms with Crippen molar-refractivity contribution < 1.29 is 209 Å². The van der Waals surface area contributed by atoms with Crippen LogP contribution in [0.2, 0.25) is 0 Å². The predicted octanol–water partition coefficient (Wildman–Crippen LogP) is 1.04. The summed E-state index contributed by atoms with van der Waals surface area (Å²) < 4.78 is 26.1. The maximum atomic E-state index is 12.7. The number of carbonyl (C=O) groups excluding carboxylic acids is 1. The fourth-order valence-corrected chi connectivity index (χ4v) is 4.15. The maximum Gasteiger partial charge on any atom is 0.230 e. The predicted molar refractivity (Wildman–Crippen MR) is 80.4 cm³/mol. The smallest absolute Gasteiger partial charge is 0.230 e. The molecule has 0 unspecified atom stereocenters. The summed E-state index contributed by atoms with van der Waals surface area (Å²) >= 11 is 0. The van der Waals surface area contributed by atoms with Crippen LogP contribution in [-0.4, -0.2) is 31.8 Å². The van der Waals surface area contributed by atoms with Crippen molar-refractivity contribution in [2.75, 3.05) is 7.05 Å². The molecule has 0 atom stereocenters. The third-order valence-corrected chi connectivity index (χ3v) is 5.45. The first-order valence-corrected chi connectivity index (χ1v) is 8.15. The van der Waals surface area contributed by atoms with E-state index in [9.17, 15) is 13.2 Å². The molecular formula is C15H14N3O3SY6-3. The number of nitrogens with one attached hydrogen (secondary N) is 1. The van der Waals surface area contributed by atoms with Gasteiger partial charge in [-0.15, -0.1) is 5.57 Å². The van der Waals surface area contributed by atoms with Crippen LogP contribution in [0.4, 0.5) is 0 Å². The van der Waals surface area contributed by atoms with Crippen molar-refractivity contribution in [1.29, 1.82) is 0 Å². The van der Waals surface area contributed by atoms with Crippen molar-refractivity contribution in [3.05, 3.63) is 45.4 Å². The summed E-state index contributed by atoms with van der Waals surface area (Å²) in [5.41, 5.74) is 2.26. The minimum absolute atomic E-state index is 0. The van der Waals surface area contributed by atoms with Crippen LogP contribution in [0.5, 0.6) is 0 Å². The van der Waals surface area contributed by atoms with E-state index in [0.717, 1.165) is 9.88 Å². The Morgan fingerprint density at radius 1 is 1.14 bits per heavy atom. The maximum absolute atomic E-state index is 12.7. The standard InChI is InChI=1S/C15H14N3O3S.6Y/c1-9-6-12-13(7-9)22(20,21)18(3)14(15(12)19)10(2)17-11-4-5-16-8-11;;;;;;/h17H,4,6H2,1-3H3;;;;;;/q-3;;;;;;/b14-10-;;;;;;. The van der Waals surface area contributed by atoms with Gasteiger partial charge in [-0.2, -0.15) is 17.7 Å². The van der Waals surface area contributed by atoms with Gasteiger partial charge in [0.25, 0.3) is 0 Å². The molecule has 0 aromatic carbocycles. The van der Waals surface area contributed by atoms with E-state index < -0.39 is 10.0 Å². The molecule has 28 heavy (non-hydrogen) atoms. The molecule has 0 amide bonds. The zero-order chi connectivity index (χ0) is 16.1. The Morgan fingerprint density at radius 2 is 1.71 bits per heavy atom. The fraction of sp³-hybridized carbons (Fsp3) is 0.333. The van der Waals surface area contributed by atoms with Gasteiger partial charge in [0.2, 0.25) is 10.0 Å². The van der Waals surface area contributed by atoms with Crippen molar-refractivity contribution in [3.8, 4) is 0 Å². The van der Waals surface area contributed by atoms with E-state index in [2.05, 4.69) is 28.8 Å². The van der Waals surface area contributed by atoms with Gasteiger partial charge in [0, 0.05) is 209 Å². The Hall–Kier alpha value is 4.47. The molecule has 3 rings (SSSR count). The minimum atomic E-state index is -3.74. The Balaban J connectivity index is -0.000000480. The van der Waals surface area contributed by atoms with E-state index in [0.29, 0.717) is 29.8 Å². The molecule has 0 saturated heterocycles. The van der Waals surface area contributed by atoms with Crippen molar-refractivity contribution in [2.24, 2.45) is 4.99 Å². The van der Waals surface area contributed by atoms with Crippen LogP contribution in [0.25, 0.3) is 0 Å². The van der Waals surface area contributed by atoms with Gasteiger partial charge < -0.3 is 27.5 Å². The third kappa shape index (κ3) is 8.60. The van der Waals surface area contributed by atoms with Crippen LogP contribution in [-0.2, 0) is 211 Å². The van der Waals surface area contributed by atoms with Gasteiger partial charge in [-0.3, -0.25) is 4.31 Å². The number of allylic oxidation sites excluding steroid dienone is 5. The van der Waals surface area contributed by atoms with Crippen LogP contribution in [0.15, 0.2) is 38.1 Å². The molecule has 1 aliphatic carbocycles. The number of sulfonamides is 1. The van der Waals surface area contributed by atoms with Gasteiger partial charge in [0.15, 0.2) is 0 Å². The van der Waals surface area contributed by atoms with Crippen LogP contribution < -0.4 is 5.32 Å². The molecule has 0 spiro atoms. The van der Waals surface area contributed by atoms with E-state index in [1.165, 1.54) is 7.05 Å². The van der Waals surface area contributed by atoms with Crippen molar-refractivity contribution in [3.63, 3.8) is 0 Å². The van der Waals surface area contributed by atoms with Crippen LogP contribution in [0.1, 0.15) is 26.7 Å². The summed E-state index contributed by atoms with van der Waals surface area (Å²) in [7, 11) is -2.36. The number of nitrogens with zero attached hydrogens (tertiary/aromatic N) is 2. The fourth-order valence-electron chi connectivity index (χ4n) is 2.63. The molecule has 1 N–H and O–H groups in total. The second-order valence-corrected chi connectivity index (χ2v) is 7.23. The molecule has 0 aromatic heterocycles. The van der Waals surface area contributed by atoms with Gasteiger partial charge >= 0.3 is 0 Å². The van der Waals surface area contributed by atoms with E-state index in [4.69, 9.17) is 0 Å². The summed E-state index contributed by atoms with van der Waals surface area (Å²) in [6.45, 7) is 3.43. The van der Waals surface area contributed by atoms with Crippen molar-refractivity contribution in [2.45, 2.75) is 26.7 Å². The molecule has 13 heteroatoms. The molecule has 2 heterocycles. The molecule has 0 fully saturated rings. The van der Waals surface area contributed by atoms with Gasteiger partial charge in [-0.1, -0.05) is 18.2 Å². The molecule has 6 radical (unpaired) electrons. The van der Waals surface area contributed by atoms with E-state index in [-0.39, 0.29) is 213 Å². The largest absolute Gasteiger partial charge is 0.678 e. The summed E-state index contributed by atoms with van der Waals surface area (Å²) in [6.07, 6.45) is 9.00. The normalized spacial score (nSPS) is 19.8. The van der Waals surface area contributed by atoms with Crippen LogP contribution in [0.3, 0.4) is 0 Å². The Kier molecular flexibility index (Phi) is 24.1. The second-order valence-electron chi connectivity index (χ2n) is 5.33. The summed E-state index contributed by atoms with van der Waals surface area (Å²) in [6, 6.07) is 0. The quantitative estimate of drug-likeness (QED) is 0.334. The zero-order valence-electron chi connectivity index (χ0n) is 15.9. The average Bonchev–Trinajstić information content (AvgIpc) is 3.07. The number of Topliss-reactive ketones (excluding diaryl/α,β-unsaturated/α-hetero) is 1. The minimum Gasteiger partial charge on any atom is -0.678 e. The Bertz CT molecular complexity index is 847. The van der Waals surface area contributed by atoms with Crippen LogP contribution >= 0.6 is 0 Å². The summed E-state index contributed by atoms with van der Waals surface area (Å²) in [4.78, 5) is 16.4.